The van der Waals surface area contributed by atoms with Crippen molar-refractivity contribution in [2.75, 3.05) is 75.4 Å². The average Bonchev–Trinajstić information content (AvgIpc) is 2.63. The predicted octanol–water partition coefficient (Wildman–Crippen LogP) is -7.57. The Morgan fingerprint density at radius 2 is 0.444 bits per heavy atom. The van der Waals surface area contributed by atoms with Crippen LogP contribution in [0.1, 0.15) is 0 Å². The summed E-state index contributed by atoms with van der Waals surface area (Å²) in [7, 11) is -4.10. The Labute approximate surface area is 188 Å². The molecule has 0 bridgehead atoms. The van der Waals surface area contributed by atoms with E-state index in [0.717, 1.165) is 24.6 Å². The first-order valence-electron chi connectivity index (χ1n) is 7.77. The minimum atomic E-state index is -1.02. The maximum absolute atomic E-state index is 8.76. The van der Waals surface area contributed by atoms with Crippen molar-refractivity contribution in [2.45, 2.75) is 0 Å². The van der Waals surface area contributed by atoms with Gasteiger partial charge in [-0.3, -0.25) is 0 Å². The average molecular weight is 562 g/mol. The zero-order valence-electron chi connectivity index (χ0n) is 15.1. The zero-order chi connectivity index (χ0) is 18.8. The summed E-state index contributed by atoms with van der Waals surface area (Å²) in [5.74, 6) is 0. The van der Waals surface area contributed by atoms with Crippen LogP contribution in [-0.4, -0.2) is 116 Å². The van der Waals surface area contributed by atoms with E-state index in [2.05, 4.69) is 0 Å². The molecule has 0 spiro atoms. The van der Waals surface area contributed by atoms with Crippen LogP contribution in [0, 0.1) is 0 Å². The summed E-state index contributed by atoms with van der Waals surface area (Å²) < 4.78 is 0. The molecule has 0 saturated carbocycles. The number of aliphatic hydroxyl groups excluding tert-OH is 8. The van der Waals surface area contributed by atoms with Gasteiger partial charge >= 0.3 is 16.5 Å². The molecule has 0 aliphatic heterocycles. The molecule has 0 aromatic carbocycles. The van der Waals surface area contributed by atoms with Crippen LogP contribution in [0.3, 0.4) is 0 Å². The fourth-order valence-electron chi connectivity index (χ4n) is 1.54. The number of hydrogen-bond donors (Lipinski definition) is 8. The molecule has 0 fully saturated rings. The van der Waals surface area contributed by atoms with Crippen molar-refractivity contribution in [3.05, 3.63) is 0 Å². The summed E-state index contributed by atoms with van der Waals surface area (Å²) in [6.07, 6.45) is 3.75. The summed E-state index contributed by atoms with van der Waals surface area (Å²) in [6, 6.07) is 0. The van der Waals surface area contributed by atoms with E-state index in [4.69, 9.17) is 40.9 Å². The van der Waals surface area contributed by atoms with E-state index >= 15 is 0 Å². The maximum Gasteiger partial charge on any atom is 2.00 e. The zero-order valence-corrected chi connectivity index (χ0v) is 21.6. The van der Waals surface area contributed by atoms with Gasteiger partial charge in [0.25, 0.3) is 0 Å². The van der Waals surface area contributed by atoms with Gasteiger partial charge in [-0.2, -0.15) is 0 Å². The van der Waals surface area contributed by atoms with Crippen molar-refractivity contribution < 1.29 is 82.2 Å². The molecule has 0 aromatic rings. The molecule has 0 radical (unpaired) electrons. The molecule has 15 heteroatoms. The van der Waals surface area contributed by atoms with E-state index in [9.17, 15) is 0 Å². The molecule has 8 nitrogen and oxygen atoms in total. The third-order valence-corrected chi connectivity index (χ3v) is 11.9. The topological polar surface area (TPSA) is 162 Å². The minimum absolute atomic E-state index is 0. The summed E-state index contributed by atoms with van der Waals surface area (Å²) in [5.41, 5.74) is 0. The van der Waals surface area contributed by atoms with Crippen LogP contribution in [0.25, 0.3) is 0 Å². The third kappa shape index (κ3) is 24.6. The van der Waals surface area contributed by atoms with Crippen molar-refractivity contribution in [1.29, 1.82) is 0 Å². The summed E-state index contributed by atoms with van der Waals surface area (Å²) >= 11 is 0. The molecule has 0 aliphatic rings. The minimum Gasteiger partial charge on any atom is -1.00 e. The van der Waals surface area contributed by atoms with Gasteiger partial charge in [0.1, 0.15) is 0 Å². The number of halogens is 2. The van der Waals surface area contributed by atoms with Crippen LogP contribution in [-0.2, 0) is 16.5 Å². The smallest absolute Gasteiger partial charge is 1.00 e. The van der Waals surface area contributed by atoms with Gasteiger partial charge in [-0.05, 0) is 0 Å². The SMILES string of the molecule is OC[PH+](CO)CC[PH+](CO)CO.OC[PH+](CO)CC[PH+](CO)CO.[Cl-].[Cl-].[Ni+2]. The Morgan fingerprint density at radius 3 is 0.519 bits per heavy atom. The fraction of sp³-hybridized carbons (Fsp3) is 1.00. The molecule has 172 valence electrons. The monoisotopic (exact) mass is 560 g/mol. The molecule has 0 saturated heterocycles. The largest absolute Gasteiger partial charge is 2.00 e. The normalized spacial score (nSPS) is 10.2. The molecular formula is C12H36Cl2NiO8P4+4. The Bertz CT molecular complexity index is 207. The van der Waals surface area contributed by atoms with Crippen LogP contribution in [0.15, 0.2) is 0 Å². The maximum atomic E-state index is 8.76. The molecule has 0 aromatic heterocycles. The van der Waals surface area contributed by atoms with Crippen molar-refractivity contribution >= 4 is 31.7 Å². The fourth-order valence-corrected chi connectivity index (χ4v) is 8.86. The molecule has 27 heavy (non-hydrogen) atoms. The van der Waals surface area contributed by atoms with Crippen LogP contribution < -0.4 is 24.8 Å². The van der Waals surface area contributed by atoms with Gasteiger partial charge in [0, 0.05) is 0 Å². The molecule has 0 unspecified atom stereocenters. The quantitative estimate of drug-likeness (QED) is 0.0766. The first-order chi connectivity index (χ1) is 11.6. The molecular weight excluding hydrogens is 526 g/mol. The van der Waals surface area contributed by atoms with E-state index in [-0.39, 0.29) is 92.1 Å². The van der Waals surface area contributed by atoms with Gasteiger partial charge in [0.05, 0.1) is 56.3 Å². The van der Waals surface area contributed by atoms with Gasteiger partial charge in [-0.25, -0.2) is 0 Å². The Hall–Kier alpha value is 2.47. The van der Waals surface area contributed by atoms with Crippen LogP contribution in [0.4, 0.5) is 0 Å². The van der Waals surface area contributed by atoms with E-state index < -0.39 is 31.7 Å². The second-order valence-corrected chi connectivity index (χ2v) is 15.8. The van der Waals surface area contributed by atoms with E-state index in [1.54, 1.807) is 0 Å². The van der Waals surface area contributed by atoms with Crippen molar-refractivity contribution in [3.63, 3.8) is 0 Å². The van der Waals surface area contributed by atoms with Gasteiger partial charge in [-0.1, -0.05) is 0 Å². The van der Waals surface area contributed by atoms with E-state index in [0.29, 0.717) is 0 Å². The third-order valence-electron chi connectivity index (χ3n) is 3.45. The molecule has 0 heterocycles. The summed E-state index contributed by atoms with van der Waals surface area (Å²) in [4.78, 5) is 0. The number of hydrogen-bond acceptors (Lipinski definition) is 8. The molecule has 0 aliphatic carbocycles. The van der Waals surface area contributed by atoms with Crippen LogP contribution in [0.2, 0.25) is 0 Å². The van der Waals surface area contributed by atoms with Crippen molar-refractivity contribution in [1.82, 2.24) is 0 Å². The second-order valence-electron chi connectivity index (χ2n) is 5.26. The predicted molar refractivity (Wildman–Crippen MR) is 109 cm³/mol. The Kier molecular flexibility index (Phi) is 45.3. The van der Waals surface area contributed by atoms with E-state index in [1.165, 1.54) is 0 Å². The van der Waals surface area contributed by atoms with Gasteiger partial charge < -0.3 is 65.7 Å². The van der Waals surface area contributed by atoms with E-state index in [1.807, 2.05) is 0 Å². The van der Waals surface area contributed by atoms with Crippen molar-refractivity contribution in [3.8, 4) is 0 Å². The molecule has 0 rings (SSSR count). The summed E-state index contributed by atoms with van der Waals surface area (Å²) in [5, 5.41) is 70.0. The first-order valence-corrected chi connectivity index (χ1v) is 16.3. The standard InChI is InChI=1S/2C6H16O4P2.2ClH.Ni/c2*7-3-11(4-8)1-2-12(5-9)6-10;;;/h2*7-10H,1-6H2;2*1H;/q;;;;+2/p+2. The second kappa shape index (κ2) is 30.7. The molecule has 8 N–H and O–H groups in total. The molecule has 0 amide bonds. The van der Waals surface area contributed by atoms with Gasteiger partial charge in [-0.15, -0.1) is 0 Å². The van der Waals surface area contributed by atoms with Crippen LogP contribution >= 0.6 is 31.7 Å². The van der Waals surface area contributed by atoms with Gasteiger partial charge in [0.2, 0.25) is 0 Å². The first kappa shape index (κ1) is 39.9. The summed E-state index contributed by atoms with van der Waals surface area (Å²) in [6.45, 7) is 0. The Balaban J connectivity index is -0.000000108. The molecule has 0 atom stereocenters. The van der Waals surface area contributed by atoms with Crippen LogP contribution in [0.5, 0.6) is 0 Å². The number of rotatable bonds is 14. The number of aliphatic hydroxyl groups is 8. The Morgan fingerprint density at radius 1 is 0.333 bits per heavy atom. The van der Waals surface area contributed by atoms with Crippen molar-refractivity contribution in [2.24, 2.45) is 0 Å². The van der Waals surface area contributed by atoms with Gasteiger partial charge in [0.15, 0.2) is 50.8 Å².